The van der Waals surface area contributed by atoms with E-state index in [9.17, 15) is 0 Å². The topological polar surface area (TPSA) is 76.7 Å². The van der Waals surface area contributed by atoms with Crippen molar-refractivity contribution in [3.63, 3.8) is 0 Å². The van der Waals surface area contributed by atoms with Crippen molar-refractivity contribution in [2.75, 3.05) is 7.05 Å². The zero-order chi connectivity index (χ0) is 13.9. The summed E-state index contributed by atoms with van der Waals surface area (Å²) < 4.78 is 5.27. The van der Waals surface area contributed by atoms with Crippen LogP contribution in [0.25, 0.3) is 22.4 Å². The fourth-order valence-electron chi connectivity index (χ4n) is 1.92. The minimum Gasteiger partial charge on any atom is -0.339 e. The molecule has 2 heterocycles. The molecule has 0 amide bonds. The molecule has 0 aliphatic carbocycles. The van der Waals surface area contributed by atoms with Crippen LogP contribution in [0.15, 0.2) is 35.1 Å². The summed E-state index contributed by atoms with van der Waals surface area (Å²) in [7, 11) is 1.91. The molecule has 102 valence electrons. The minimum atomic E-state index is 0.297. The molecule has 3 aromatic rings. The molecule has 0 aliphatic rings. The highest BCUT2D eigenvalue weighted by Gasteiger charge is 2.11. The summed E-state index contributed by atoms with van der Waals surface area (Å²) in [5, 5.41) is 7.16. The Hall–Kier alpha value is -2.34. The van der Waals surface area contributed by atoms with Gasteiger partial charge >= 0.3 is 0 Å². The summed E-state index contributed by atoms with van der Waals surface area (Å²) in [6.07, 6.45) is 4.05. The van der Waals surface area contributed by atoms with E-state index < -0.39 is 0 Å². The molecule has 0 aliphatic heterocycles. The first-order valence-electron chi connectivity index (χ1n) is 6.47. The smallest absolute Gasteiger partial charge is 0.228 e. The van der Waals surface area contributed by atoms with Gasteiger partial charge in [0.1, 0.15) is 0 Å². The van der Waals surface area contributed by atoms with Gasteiger partial charge in [0.05, 0.1) is 11.0 Å². The van der Waals surface area contributed by atoms with Gasteiger partial charge in [-0.25, -0.2) is 0 Å². The van der Waals surface area contributed by atoms with Crippen molar-refractivity contribution in [2.24, 2.45) is 0 Å². The number of nitrogens with one attached hydrogen (secondary N) is 1. The SMILES string of the molecule is CNC(C)Cc1nc(-c2ccc3nccnc3c2)no1. The van der Waals surface area contributed by atoms with Crippen LogP contribution in [0.5, 0.6) is 0 Å². The predicted molar refractivity (Wildman–Crippen MR) is 75.1 cm³/mol. The molecule has 20 heavy (non-hydrogen) atoms. The van der Waals surface area contributed by atoms with Crippen LogP contribution in [0.1, 0.15) is 12.8 Å². The van der Waals surface area contributed by atoms with Crippen LogP contribution in [0.4, 0.5) is 0 Å². The molecule has 0 saturated carbocycles. The van der Waals surface area contributed by atoms with E-state index in [0.717, 1.165) is 16.6 Å². The lowest BCUT2D eigenvalue weighted by Crippen LogP contribution is -2.23. The first-order chi connectivity index (χ1) is 9.76. The molecule has 1 N–H and O–H groups in total. The maximum Gasteiger partial charge on any atom is 0.228 e. The first-order valence-corrected chi connectivity index (χ1v) is 6.47. The predicted octanol–water partition coefficient (Wildman–Crippen LogP) is 1.83. The number of rotatable bonds is 4. The zero-order valence-corrected chi connectivity index (χ0v) is 11.4. The van der Waals surface area contributed by atoms with E-state index in [2.05, 4.69) is 32.3 Å². The number of likely N-dealkylation sites (N-methyl/N-ethyl adjacent to an activating group) is 1. The van der Waals surface area contributed by atoms with Crippen LogP contribution in [0.3, 0.4) is 0 Å². The second-order valence-corrected chi connectivity index (χ2v) is 4.67. The lowest BCUT2D eigenvalue weighted by atomic mass is 10.2. The van der Waals surface area contributed by atoms with E-state index in [0.29, 0.717) is 24.2 Å². The third kappa shape index (κ3) is 2.50. The van der Waals surface area contributed by atoms with E-state index >= 15 is 0 Å². The van der Waals surface area contributed by atoms with Crippen LogP contribution in [0.2, 0.25) is 0 Å². The van der Waals surface area contributed by atoms with E-state index in [1.807, 2.05) is 25.2 Å². The summed E-state index contributed by atoms with van der Waals surface area (Å²) >= 11 is 0. The Labute approximate surface area is 116 Å². The molecule has 3 rings (SSSR count). The van der Waals surface area contributed by atoms with Crippen LogP contribution in [-0.2, 0) is 6.42 Å². The van der Waals surface area contributed by atoms with Gasteiger partial charge in [-0.15, -0.1) is 0 Å². The van der Waals surface area contributed by atoms with Gasteiger partial charge in [0, 0.05) is 30.4 Å². The molecule has 6 nitrogen and oxygen atoms in total. The van der Waals surface area contributed by atoms with E-state index in [-0.39, 0.29) is 0 Å². The lowest BCUT2D eigenvalue weighted by Gasteiger charge is -2.04. The molecule has 6 heteroatoms. The fourth-order valence-corrected chi connectivity index (χ4v) is 1.92. The monoisotopic (exact) mass is 269 g/mol. The van der Waals surface area contributed by atoms with Crippen LogP contribution in [0, 0.1) is 0 Å². The van der Waals surface area contributed by atoms with Gasteiger partial charge in [-0.2, -0.15) is 4.98 Å². The Kier molecular flexibility index (Phi) is 3.39. The van der Waals surface area contributed by atoms with Crippen molar-refractivity contribution in [3.8, 4) is 11.4 Å². The number of benzene rings is 1. The number of fused-ring (bicyclic) bond motifs is 1. The maximum absolute atomic E-state index is 5.27. The van der Waals surface area contributed by atoms with Gasteiger partial charge in [0.25, 0.3) is 0 Å². The standard InChI is InChI=1S/C14H15N5O/c1-9(15-2)7-13-18-14(19-20-13)10-3-4-11-12(8-10)17-6-5-16-11/h3-6,8-9,15H,7H2,1-2H3. The average Bonchev–Trinajstić information content (AvgIpc) is 2.95. The Bertz CT molecular complexity index is 724. The quantitative estimate of drug-likeness (QED) is 0.778. The number of hydrogen-bond donors (Lipinski definition) is 1. The van der Waals surface area contributed by atoms with Crippen molar-refractivity contribution < 1.29 is 4.52 Å². The highest BCUT2D eigenvalue weighted by molar-refractivity contribution is 5.79. The molecule has 0 bridgehead atoms. The van der Waals surface area contributed by atoms with Crippen molar-refractivity contribution in [3.05, 3.63) is 36.5 Å². The molecule has 1 unspecified atom stereocenters. The third-order valence-electron chi connectivity index (χ3n) is 3.17. The third-order valence-corrected chi connectivity index (χ3v) is 3.17. The highest BCUT2D eigenvalue weighted by Crippen LogP contribution is 2.20. The number of nitrogens with zero attached hydrogens (tertiary/aromatic N) is 4. The average molecular weight is 269 g/mol. The minimum absolute atomic E-state index is 0.297. The van der Waals surface area contributed by atoms with Crippen molar-refractivity contribution >= 4 is 11.0 Å². The Morgan fingerprint density at radius 3 is 2.80 bits per heavy atom. The van der Waals surface area contributed by atoms with Gasteiger partial charge in [-0.1, -0.05) is 5.16 Å². The van der Waals surface area contributed by atoms with Gasteiger partial charge in [-0.3, -0.25) is 9.97 Å². The van der Waals surface area contributed by atoms with Crippen molar-refractivity contribution in [1.29, 1.82) is 0 Å². The highest BCUT2D eigenvalue weighted by atomic mass is 16.5. The number of aromatic nitrogens is 4. The Balaban J connectivity index is 1.91. The van der Waals surface area contributed by atoms with Gasteiger partial charge < -0.3 is 9.84 Å². The summed E-state index contributed by atoms with van der Waals surface area (Å²) in [6, 6.07) is 6.04. The zero-order valence-electron chi connectivity index (χ0n) is 11.4. The summed E-state index contributed by atoms with van der Waals surface area (Å²) in [6.45, 7) is 2.06. The van der Waals surface area contributed by atoms with Gasteiger partial charge in [-0.05, 0) is 32.2 Å². The molecular weight excluding hydrogens is 254 g/mol. The van der Waals surface area contributed by atoms with Gasteiger partial charge in [0.15, 0.2) is 0 Å². The molecule has 1 atom stereocenters. The van der Waals surface area contributed by atoms with Crippen LogP contribution in [-0.4, -0.2) is 33.2 Å². The van der Waals surface area contributed by atoms with E-state index in [1.54, 1.807) is 12.4 Å². The Morgan fingerprint density at radius 1 is 1.20 bits per heavy atom. The molecule has 2 aromatic heterocycles. The molecule has 1 aromatic carbocycles. The van der Waals surface area contributed by atoms with Crippen LogP contribution >= 0.6 is 0 Å². The van der Waals surface area contributed by atoms with Crippen molar-refractivity contribution in [2.45, 2.75) is 19.4 Å². The summed E-state index contributed by atoms with van der Waals surface area (Å²) in [5.74, 6) is 1.21. The maximum atomic E-state index is 5.27. The summed E-state index contributed by atoms with van der Waals surface area (Å²) in [4.78, 5) is 12.9. The Morgan fingerprint density at radius 2 is 2.00 bits per heavy atom. The fraction of sp³-hybridized carbons (Fsp3) is 0.286. The molecule has 0 radical (unpaired) electrons. The molecular formula is C14H15N5O. The largest absolute Gasteiger partial charge is 0.339 e. The van der Waals surface area contributed by atoms with E-state index in [1.165, 1.54) is 0 Å². The van der Waals surface area contributed by atoms with E-state index in [4.69, 9.17) is 4.52 Å². The summed E-state index contributed by atoms with van der Waals surface area (Å²) in [5.41, 5.74) is 2.55. The van der Waals surface area contributed by atoms with Crippen molar-refractivity contribution in [1.82, 2.24) is 25.4 Å². The number of hydrogen-bond acceptors (Lipinski definition) is 6. The lowest BCUT2D eigenvalue weighted by molar-refractivity contribution is 0.365. The molecule has 0 spiro atoms. The second kappa shape index (κ2) is 5.34. The molecule has 0 saturated heterocycles. The second-order valence-electron chi connectivity index (χ2n) is 4.67. The first kappa shape index (κ1) is 12.7. The van der Waals surface area contributed by atoms with Gasteiger partial charge in [0.2, 0.25) is 11.7 Å². The normalized spacial score (nSPS) is 12.7. The van der Waals surface area contributed by atoms with Crippen LogP contribution < -0.4 is 5.32 Å². The molecule has 0 fully saturated rings.